The second-order valence-corrected chi connectivity index (χ2v) is 20.1. The third-order valence-corrected chi connectivity index (χ3v) is 13.8. The molecule has 3 heterocycles. The van der Waals surface area contributed by atoms with Crippen molar-refractivity contribution in [3.63, 3.8) is 0 Å². The van der Waals surface area contributed by atoms with Crippen molar-refractivity contribution in [3.8, 4) is 17.2 Å². The van der Waals surface area contributed by atoms with Gasteiger partial charge in [-0.05, 0) is 89.0 Å². The van der Waals surface area contributed by atoms with Gasteiger partial charge in [-0.1, -0.05) is 143 Å². The van der Waals surface area contributed by atoms with E-state index in [4.69, 9.17) is 27.5 Å². The monoisotopic (exact) mass is 1110 g/mol. The number of anilines is 3. The summed E-state index contributed by atoms with van der Waals surface area (Å²) in [7, 11) is 1.76. The molecule has 0 aliphatic heterocycles. The maximum Gasteiger partial charge on any atom is 0.322 e. The van der Waals surface area contributed by atoms with Crippen molar-refractivity contribution in [2.24, 2.45) is 0 Å². The summed E-state index contributed by atoms with van der Waals surface area (Å²) in [5, 5.41) is 41.3. The highest BCUT2D eigenvalue weighted by molar-refractivity contribution is 5.86. The molecule has 422 valence electrons. The lowest BCUT2D eigenvalue weighted by molar-refractivity contribution is -0.115. The number of hydrogen-bond acceptors (Lipinski definition) is 18. The van der Waals surface area contributed by atoms with Crippen LogP contribution in [0.4, 0.5) is 18.0 Å². The summed E-state index contributed by atoms with van der Waals surface area (Å²) >= 11 is 0. The summed E-state index contributed by atoms with van der Waals surface area (Å²) in [6.45, 7) is 6.07. The average molecular weight is 1110 g/mol. The molecule has 12 rings (SSSR count). The highest BCUT2D eigenvalue weighted by Gasteiger charge is 2.40. The van der Waals surface area contributed by atoms with Gasteiger partial charge in [-0.3, -0.25) is 20.2 Å². The molecule has 0 saturated heterocycles. The maximum atomic E-state index is 11.0. The second-order valence-electron chi connectivity index (χ2n) is 20.1. The molecule has 0 unspecified atom stereocenters. The number of nitrogens with zero attached hydrogens (tertiary/aromatic N) is 6. The van der Waals surface area contributed by atoms with Crippen molar-refractivity contribution in [1.82, 2.24) is 46.5 Å². The van der Waals surface area contributed by atoms with Crippen molar-refractivity contribution in [2.45, 2.75) is 108 Å². The molecule has 2 amide bonds. The summed E-state index contributed by atoms with van der Waals surface area (Å²) in [4.78, 5) is 21.9. The SMILES string of the molecule is CC(=O)Nc1nnc(CN[C@@H]2C[C@H]2c2ccc(OCc3ccccc3)cc2)o1.CC(=O)Nc1nnc(CN[C@H]2C[C@@H]2c2ccc(OCc3ccccc3)cc2)o1.CNc1nnc(CN[C@H]2C[C@@H]2c2ccc(OCc3ccccc3)cc2)o1. The minimum Gasteiger partial charge on any atom is -0.489 e. The van der Waals surface area contributed by atoms with Gasteiger partial charge in [0.1, 0.15) is 37.1 Å². The van der Waals surface area contributed by atoms with Crippen molar-refractivity contribution in [1.29, 1.82) is 0 Å². The van der Waals surface area contributed by atoms with Gasteiger partial charge in [0.25, 0.3) is 0 Å². The summed E-state index contributed by atoms with van der Waals surface area (Å²) in [5.74, 6) is 5.16. The molecule has 0 bridgehead atoms. The van der Waals surface area contributed by atoms with Gasteiger partial charge < -0.3 is 48.7 Å². The Hall–Kier alpha value is -9.24. The third-order valence-electron chi connectivity index (χ3n) is 13.8. The average Bonchev–Trinajstić information content (AvgIpc) is 4.54. The molecule has 3 aliphatic rings. The van der Waals surface area contributed by atoms with Crippen molar-refractivity contribution >= 4 is 29.9 Å². The van der Waals surface area contributed by atoms with Crippen LogP contribution in [0, 0.1) is 0 Å². The molecular weight excluding hydrogens is 1040 g/mol. The summed E-state index contributed by atoms with van der Waals surface area (Å²) in [6.07, 6.45) is 3.26. The summed E-state index contributed by atoms with van der Waals surface area (Å²) in [6, 6.07) is 57.3. The number of hydrogen-bond donors (Lipinski definition) is 6. The zero-order valence-corrected chi connectivity index (χ0v) is 45.9. The Morgan fingerprint density at radius 1 is 0.415 bits per heavy atom. The van der Waals surface area contributed by atoms with Crippen molar-refractivity contribution < 1.29 is 37.1 Å². The fourth-order valence-corrected chi connectivity index (χ4v) is 9.16. The minimum atomic E-state index is -0.235. The van der Waals surface area contributed by atoms with Crippen LogP contribution in [0.1, 0.15) is 102 Å². The van der Waals surface area contributed by atoms with Crippen LogP contribution in [0.25, 0.3) is 0 Å². The number of nitrogens with one attached hydrogen (secondary N) is 6. The zero-order valence-electron chi connectivity index (χ0n) is 45.9. The van der Waals surface area contributed by atoms with Crippen LogP contribution in [0.15, 0.2) is 177 Å². The normalized spacial score (nSPS) is 18.1. The lowest BCUT2D eigenvalue weighted by Gasteiger charge is -2.07. The number of amides is 2. The van der Waals surface area contributed by atoms with Gasteiger partial charge in [0.15, 0.2) is 0 Å². The number of aromatic nitrogens is 6. The molecule has 6 aromatic carbocycles. The van der Waals surface area contributed by atoms with E-state index in [2.05, 4.69) is 135 Å². The van der Waals surface area contributed by atoms with Crippen LogP contribution < -0.4 is 46.1 Å². The topological polar surface area (TPSA) is 251 Å². The molecule has 3 aromatic heterocycles. The molecule has 3 saturated carbocycles. The van der Waals surface area contributed by atoms with E-state index < -0.39 is 0 Å². The van der Waals surface area contributed by atoms with E-state index >= 15 is 0 Å². The number of carbonyl (C=O) groups is 2. The Balaban J connectivity index is 0.000000138. The highest BCUT2D eigenvalue weighted by Crippen LogP contribution is 2.43. The number of carbonyl (C=O) groups excluding carboxylic acids is 2. The van der Waals surface area contributed by atoms with Crippen molar-refractivity contribution in [2.75, 3.05) is 23.0 Å². The van der Waals surface area contributed by atoms with Crippen molar-refractivity contribution in [3.05, 3.63) is 215 Å². The standard InChI is InChI=1S/2C21H22N4O3.C20H22N4O2/c2*1-14(26)23-21-25-24-20(28-21)12-22-19-11-18(19)16-7-9-17(10-8-16)27-13-15-5-3-2-4-6-15;1-21-20-24-23-19(26-20)12-22-18-11-17(18)15-7-9-16(10-8-15)25-13-14-5-3-2-4-6-14/h2*2-10,18-19,22H,11-13H2,1H3,(H,23,25,26);2-10,17-18,22H,11-13H2,1H3,(H,21,24)/t2*18-,19+;17-,18+/m101/s1. The predicted molar refractivity (Wildman–Crippen MR) is 307 cm³/mol. The summed E-state index contributed by atoms with van der Waals surface area (Å²) < 4.78 is 33.7. The molecular formula is C62H66N12O8. The van der Waals surface area contributed by atoms with Gasteiger partial charge in [0.05, 0.1) is 19.6 Å². The van der Waals surface area contributed by atoms with Crippen LogP contribution >= 0.6 is 0 Å². The largest absolute Gasteiger partial charge is 0.489 e. The molecule has 20 nitrogen and oxygen atoms in total. The second kappa shape index (κ2) is 27.8. The van der Waals surface area contributed by atoms with Crippen LogP contribution in [0.3, 0.4) is 0 Å². The molecule has 3 fully saturated rings. The number of benzene rings is 6. The van der Waals surface area contributed by atoms with E-state index in [9.17, 15) is 9.59 Å². The van der Waals surface area contributed by atoms with Crippen LogP contribution in [0.2, 0.25) is 0 Å². The Morgan fingerprint density at radius 2 is 0.707 bits per heavy atom. The van der Waals surface area contributed by atoms with E-state index in [0.29, 0.717) is 99.0 Å². The van der Waals surface area contributed by atoms with Gasteiger partial charge in [-0.2, -0.15) is 0 Å². The lowest BCUT2D eigenvalue weighted by Crippen LogP contribution is -2.17. The first-order valence-electron chi connectivity index (χ1n) is 27.4. The first-order chi connectivity index (χ1) is 40.2. The zero-order chi connectivity index (χ0) is 56.5. The first kappa shape index (κ1) is 56.1. The number of rotatable bonds is 24. The van der Waals surface area contributed by atoms with E-state index in [1.165, 1.54) is 36.1 Å². The van der Waals surface area contributed by atoms with Gasteiger partial charge in [0, 0.05) is 56.8 Å². The molecule has 0 spiro atoms. The van der Waals surface area contributed by atoms with Crippen LogP contribution in [0.5, 0.6) is 17.2 Å². The quantitative estimate of drug-likeness (QED) is 0.0329. The van der Waals surface area contributed by atoms with Crippen LogP contribution in [-0.2, 0) is 49.0 Å². The highest BCUT2D eigenvalue weighted by atomic mass is 16.5. The molecule has 6 N–H and O–H groups in total. The Morgan fingerprint density at radius 3 is 0.988 bits per heavy atom. The van der Waals surface area contributed by atoms with Gasteiger partial charge in [-0.15, -0.1) is 15.3 Å². The predicted octanol–water partition coefficient (Wildman–Crippen LogP) is 9.84. The van der Waals surface area contributed by atoms with Gasteiger partial charge in [-0.25, -0.2) is 0 Å². The first-order valence-corrected chi connectivity index (χ1v) is 27.4. The molecule has 9 aromatic rings. The molecule has 82 heavy (non-hydrogen) atoms. The fraction of sp³-hybridized carbons (Fsp3) is 0.290. The van der Waals surface area contributed by atoms with E-state index in [1.54, 1.807) is 7.05 Å². The molecule has 20 heteroatoms. The Labute approximate surface area is 475 Å². The van der Waals surface area contributed by atoms with E-state index in [-0.39, 0.29) is 23.8 Å². The maximum absolute atomic E-state index is 11.0. The molecule has 6 atom stereocenters. The summed E-state index contributed by atoms with van der Waals surface area (Å²) in [5.41, 5.74) is 7.38. The Bertz CT molecular complexity index is 3240. The third kappa shape index (κ3) is 17.1. The smallest absolute Gasteiger partial charge is 0.322 e. The number of ether oxygens (including phenoxy) is 3. The van der Waals surface area contributed by atoms with E-state index in [1.807, 2.05) is 91.0 Å². The van der Waals surface area contributed by atoms with Crippen LogP contribution in [-0.4, -0.2) is 67.6 Å². The molecule has 3 aliphatic carbocycles. The van der Waals surface area contributed by atoms with Gasteiger partial charge in [0.2, 0.25) is 29.5 Å². The van der Waals surface area contributed by atoms with E-state index in [0.717, 1.165) is 47.6 Å². The minimum absolute atomic E-state index is 0.128. The fourth-order valence-electron chi connectivity index (χ4n) is 9.16. The molecule has 0 radical (unpaired) electrons. The van der Waals surface area contributed by atoms with Gasteiger partial charge >= 0.3 is 18.0 Å². The Kier molecular flexibility index (Phi) is 19.0. The lowest BCUT2D eigenvalue weighted by atomic mass is 10.1.